The van der Waals surface area contributed by atoms with E-state index in [0.29, 0.717) is 25.2 Å². The van der Waals surface area contributed by atoms with Crippen molar-refractivity contribution in [3.63, 3.8) is 0 Å². The van der Waals surface area contributed by atoms with Crippen LogP contribution in [-0.4, -0.2) is 25.5 Å². The van der Waals surface area contributed by atoms with Crippen molar-refractivity contribution in [2.75, 3.05) is 0 Å². The molecule has 30 heavy (non-hydrogen) atoms. The van der Waals surface area contributed by atoms with Crippen molar-refractivity contribution >= 4 is 11.7 Å². The van der Waals surface area contributed by atoms with Crippen LogP contribution in [0.2, 0.25) is 0 Å². The van der Waals surface area contributed by atoms with Crippen LogP contribution in [0.15, 0.2) is 60.9 Å². The number of para-hydroxylation sites is 1. The van der Waals surface area contributed by atoms with Gasteiger partial charge in [0.25, 0.3) is 5.78 Å². The average molecular weight is 401 g/mol. The summed E-state index contributed by atoms with van der Waals surface area (Å²) in [6.07, 6.45) is 2.47. The quantitative estimate of drug-likeness (QED) is 0.510. The van der Waals surface area contributed by atoms with Gasteiger partial charge in [0.05, 0.1) is 0 Å². The van der Waals surface area contributed by atoms with Crippen molar-refractivity contribution in [1.29, 1.82) is 0 Å². The highest BCUT2D eigenvalue weighted by molar-refractivity contribution is 5.76. The molecule has 0 aliphatic rings. The van der Waals surface area contributed by atoms with E-state index in [2.05, 4.69) is 20.4 Å². The molecule has 0 saturated heterocycles. The Labute approximate surface area is 174 Å². The molecule has 4 aromatic rings. The summed E-state index contributed by atoms with van der Waals surface area (Å²) in [6.45, 7) is 4.36. The van der Waals surface area contributed by atoms with Gasteiger partial charge in [0.1, 0.15) is 17.8 Å². The van der Waals surface area contributed by atoms with Crippen LogP contribution >= 0.6 is 0 Å². The summed E-state index contributed by atoms with van der Waals surface area (Å²) in [7, 11) is 0. The van der Waals surface area contributed by atoms with E-state index in [1.807, 2.05) is 68.4 Å². The molecule has 7 heteroatoms. The number of benzene rings is 2. The summed E-state index contributed by atoms with van der Waals surface area (Å²) >= 11 is 0. The monoisotopic (exact) mass is 401 g/mol. The van der Waals surface area contributed by atoms with Gasteiger partial charge in [0, 0.05) is 24.4 Å². The molecule has 2 aromatic heterocycles. The first-order valence-electron chi connectivity index (χ1n) is 9.84. The lowest BCUT2D eigenvalue weighted by atomic mass is 10.1. The van der Waals surface area contributed by atoms with E-state index in [1.54, 1.807) is 4.52 Å². The molecule has 0 atom stereocenters. The number of fused-ring (bicyclic) bond motifs is 1. The summed E-state index contributed by atoms with van der Waals surface area (Å²) in [5.41, 5.74) is 3.86. The lowest BCUT2D eigenvalue weighted by molar-refractivity contribution is -0.121. The third kappa shape index (κ3) is 4.46. The van der Waals surface area contributed by atoms with Crippen LogP contribution in [0.1, 0.15) is 28.9 Å². The predicted molar refractivity (Wildman–Crippen MR) is 113 cm³/mol. The topological polar surface area (TPSA) is 81.4 Å². The number of nitrogens with zero attached hydrogens (tertiary/aromatic N) is 4. The van der Waals surface area contributed by atoms with Crippen molar-refractivity contribution in [1.82, 2.24) is 24.9 Å². The standard InChI is InChI=1S/C23H23N5O2/c1-16-21(17(2)28-23(27-16)25-15-26-28)11-12-22(29)24-14-18-7-6-10-20(13-18)30-19-8-4-3-5-9-19/h3-10,13,15H,11-12,14H2,1-2H3,(H,24,29). The number of ether oxygens (including phenoxy) is 1. The zero-order valence-electron chi connectivity index (χ0n) is 17.0. The fraction of sp³-hybridized carbons (Fsp3) is 0.217. The maximum atomic E-state index is 12.4. The smallest absolute Gasteiger partial charge is 0.252 e. The summed E-state index contributed by atoms with van der Waals surface area (Å²) in [5.74, 6) is 2.09. The van der Waals surface area contributed by atoms with E-state index in [4.69, 9.17) is 4.74 Å². The molecule has 1 amide bonds. The van der Waals surface area contributed by atoms with E-state index >= 15 is 0 Å². The van der Waals surface area contributed by atoms with Crippen molar-refractivity contribution in [2.24, 2.45) is 0 Å². The van der Waals surface area contributed by atoms with Crippen LogP contribution in [0.5, 0.6) is 11.5 Å². The Bertz CT molecular complexity index is 1170. The Kier molecular flexibility index (Phi) is 5.70. The third-order valence-corrected chi connectivity index (χ3v) is 4.96. The number of rotatable bonds is 7. The highest BCUT2D eigenvalue weighted by Gasteiger charge is 2.12. The van der Waals surface area contributed by atoms with Crippen LogP contribution in [0.4, 0.5) is 0 Å². The average Bonchev–Trinajstić information content (AvgIpc) is 3.22. The molecular weight excluding hydrogens is 378 g/mol. The normalized spacial score (nSPS) is 10.9. The molecule has 0 aliphatic carbocycles. The van der Waals surface area contributed by atoms with Gasteiger partial charge in [-0.15, -0.1) is 0 Å². The minimum Gasteiger partial charge on any atom is -0.457 e. The van der Waals surface area contributed by atoms with Gasteiger partial charge in [-0.3, -0.25) is 4.79 Å². The number of hydrogen-bond donors (Lipinski definition) is 1. The second-order valence-corrected chi connectivity index (χ2v) is 7.07. The Morgan fingerprint density at radius 1 is 1.07 bits per heavy atom. The Morgan fingerprint density at radius 2 is 1.87 bits per heavy atom. The van der Waals surface area contributed by atoms with Gasteiger partial charge in [-0.25, -0.2) is 9.50 Å². The van der Waals surface area contributed by atoms with E-state index in [1.165, 1.54) is 6.33 Å². The molecule has 2 heterocycles. The largest absolute Gasteiger partial charge is 0.457 e. The molecule has 2 aromatic carbocycles. The van der Waals surface area contributed by atoms with Gasteiger partial charge >= 0.3 is 0 Å². The number of aryl methyl sites for hydroxylation is 2. The lowest BCUT2D eigenvalue weighted by Crippen LogP contribution is -2.23. The molecule has 0 aliphatic heterocycles. The Hall–Kier alpha value is -3.74. The highest BCUT2D eigenvalue weighted by atomic mass is 16.5. The van der Waals surface area contributed by atoms with Gasteiger partial charge in [0.15, 0.2) is 0 Å². The minimum absolute atomic E-state index is 0.0122. The van der Waals surface area contributed by atoms with E-state index in [9.17, 15) is 4.79 Å². The van der Waals surface area contributed by atoms with Crippen LogP contribution in [0, 0.1) is 13.8 Å². The van der Waals surface area contributed by atoms with Crippen LogP contribution in [0.3, 0.4) is 0 Å². The Morgan fingerprint density at radius 3 is 2.70 bits per heavy atom. The lowest BCUT2D eigenvalue weighted by Gasteiger charge is -2.11. The molecule has 0 bridgehead atoms. The van der Waals surface area contributed by atoms with Crippen LogP contribution in [0.25, 0.3) is 5.78 Å². The molecule has 0 saturated carbocycles. The van der Waals surface area contributed by atoms with E-state index in [0.717, 1.165) is 34.0 Å². The fourth-order valence-electron chi connectivity index (χ4n) is 3.39. The fourth-order valence-corrected chi connectivity index (χ4v) is 3.39. The summed E-state index contributed by atoms with van der Waals surface area (Å²) < 4.78 is 7.56. The number of nitrogens with one attached hydrogen (secondary N) is 1. The number of hydrogen-bond acceptors (Lipinski definition) is 5. The van der Waals surface area contributed by atoms with Gasteiger partial charge in [0.2, 0.25) is 5.91 Å². The Balaban J connectivity index is 1.34. The number of carbonyl (C=O) groups excluding carboxylic acids is 1. The van der Waals surface area contributed by atoms with Crippen molar-refractivity contribution in [3.8, 4) is 11.5 Å². The van der Waals surface area contributed by atoms with Gasteiger partial charge < -0.3 is 10.1 Å². The molecule has 0 radical (unpaired) electrons. The first-order valence-corrected chi connectivity index (χ1v) is 9.84. The molecule has 7 nitrogen and oxygen atoms in total. The molecule has 4 rings (SSSR count). The van der Waals surface area contributed by atoms with E-state index in [-0.39, 0.29) is 5.91 Å². The zero-order chi connectivity index (χ0) is 20.9. The summed E-state index contributed by atoms with van der Waals surface area (Å²) in [4.78, 5) is 21.0. The van der Waals surface area contributed by atoms with Crippen molar-refractivity contribution in [3.05, 3.63) is 83.4 Å². The second kappa shape index (κ2) is 8.73. The summed E-state index contributed by atoms with van der Waals surface area (Å²) in [5, 5.41) is 7.17. The zero-order valence-corrected chi connectivity index (χ0v) is 17.0. The highest BCUT2D eigenvalue weighted by Crippen LogP contribution is 2.22. The molecule has 0 spiro atoms. The van der Waals surface area contributed by atoms with Gasteiger partial charge in [-0.2, -0.15) is 10.1 Å². The van der Waals surface area contributed by atoms with Crippen molar-refractivity contribution < 1.29 is 9.53 Å². The predicted octanol–water partition coefficient (Wildman–Crippen LogP) is 3.78. The summed E-state index contributed by atoms with van der Waals surface area (Å²) in [6, 6.07) is 17.3. The third-order valence-electron chi connectivity index (χ3n) is 4.96. The molecule has 152 valence electrons. The van der Waals surface area contributed by atoms with Crippen molar-refractivity contribution in [2.45, 2.75) is 33.2 Å². The maximum Gasteiger partial charge on any atom is 0.252 e. The van der Waals surface area contributed by atoms with Crippen LogP contribution in [-0.2, 0) is 17.8 Å². The SMILES string of the molecule is Cc1nc2ncnn2c(C)c1CCC(=O)NCc1cccc(Oc2ccccc2)c1. The van der Waals surface area contributed by atoms with E-state index < -0.39 is 0 Å². The first kappa shape index (κ1) is 19.6. The molecule has 0 fully saturated rings. The second-order valence-electron chi connectivity index (χ2n) is 7.07. The first-order chi connectivity index (χ1) is 14.6. The number of carbonyl (C=O) groups is 1. The molecular formula is C23H23N5O2. The van der Waals surface area contributed by atoms with Gasteiger partial charge in [-0.05, 0) is 55.7 Å². The maximum absolute atomic E-state index is 12.4. The van der Waals surface area contributed by atoms with Gasteiger partial charge in [-0.1, -0.05) is 30.3 Å². The number of aromatic nitrogens is 4. The van der Waals surface area contributed by atoms with Crippen LogP contribution < -0.4 is 10.1 Å². The molecule has 1 N–H and O–H groups in total. The molecule has 0 unspecified atom stereocenters. The number of amides is 1. The minimum atomic E-state index is -0.0122.